The number of nitrogens with one attached hydrogen (secondary N) is 1. The Balaban J connectivity index is 1.69. The van der Waals surface area contributed by atoms with Gasteiger partial charge in [0.2, 0.25) is 0 Å². The van der Waals surface area contributed by atoms with Crippen LogP contribution in [0.1, 0.15) is 12.0 Å². The van der Waals surface area contributed by atoms with Crippen LogP contribution in [-0.2, 0) is 6.42 Å². The van der Waals surface area contributed by atoms with Crippen LogP contribution in [0.4, 0.5) is 0 Å². The first-order valence-electron chi connectivity index (χ1n) is 6.08. The topological polar surface area (TPSA) is 54.2 Å². The van der Waals surface area contributed by atoms with Gasteiger partial charge in [0, 0.05) is 18.6 Å². The summed E-state index contributed by atoms with van der Waals surface area (Å²) in [5, 5.41) is 1.96. The number of nitrogens with zero attached hydrogens (tertiary/aromatic N) is 2. The molecule has 1 atom stereocenters. The van der Waals surface area contributed by atoms with E-state index in [1.807, 2.05) is 41.7 Å². The molecule has 1 aromatic rings. The number of rotatable bonds is 3. The molecule has 3 N–H and O–H groups in total. The lowest BCUT2D eigenvalue weighted by atomic mass is 10.0. The number of nitrogens with two attached hydrogens (primary N) is 1. The molecule has 3 heterocycles. The highest BCUT2D eigenvalue weighted by molar-refractivity contribution is 5.33. The van der Waals surface area contributed by atoms with Crippen molar-refractivity contribution in [3.8, 4) is 0 Å². The molecule has 0 aliphatic carbocycles. The van der Waals surface area contributed by atoms with Crippen molar-refractivity contribution in [1.82, 2.24) is 15.4 Å². The van der Waals surface area contributed by atoms with Crippen molar-refractivity contribution >= 4 is 0 Å². The summed E-state index contributed by atoms with van der Waals surface area (Å²) < 4.78 is 0. The number of fused-ring (bicyclic) bond motifs is 1. The molecule has 0 bridgehead atoms. The molecule has 0 amide bonds. The molecule has 4 heteroatoms. The van der Waals surface area contributed by atoms with Crippen molar-refractivity contribution in [2.45, 2.75) is 18.5 Å². The van der Waals surface area contributed by atoms with Gasteiger partial charge in [-0.15, -0.1) is 0 Å². The minimum atomic E-state index is -0.482. The SMILES string of the molecule is NC1(CCc2cccnc2)C=C2C=CC=CN2N1. The first kappa shape index (κ1) is 11.2. The number of hydrazine groups is 1. The molecule has 0 saturated heterocycles. The summed E-state index contributed by atoms with van der Waals surface area (Å²) in [6, 6.07) is 4.03. The first-order valence-corrected chi connectivity index (χ1v) is 6.08. The number of aryl methyl sites for hydroxylation is 1. The second-order valence-electron chi connectivity index (χ2n) is 4.65. The van der Waals surface area contributed by atoms with Crippen molar-refractivity contribution in [3.63, 3.8) is 0 Å². The maximum Gasteiger partial charge on any atom is 0.106 e. The molecule has 1 aromatic heterocycles. The van der Waals surface area contributed by atoms with Crippen LogP contribution in [0.25, 0.3) is 0 Å². The van der Waals surface area contributed by atoms with Gasteiger partial charge in [0.1, 0.15) is 5.66 Å². The third kappa shape index (κ3) is 2.20. The Bertz CT molecular complexity index is 518. The lowest BCUT2D eigenvalue weighted by Crippen LogP contribution is -2.52. The number of allylic oxidation sites excluding steroid dienone is 3. The molecule has 0 aromatic carbocycles. The molecule has 3 rings (SSSR count). The summed E-state index contributed by atoms with van der Waals surface area (Å²) in [5.74, 6) is 0. The van der Waals surface area contributed by atoms with Gasteiger partial charge in [0.25, 0.3) is 0 Å². The second kappa shape index (κ2) is 4.40. The van der Waals surface area contributed by atoms with Crippen LogP contribution in [0, 0.1) is 0 Å². The first-order chi connectivity index (χ1) is 8.75. The van der Waals surface area contributed by atoms with Crippen LogP contribution in [0.2, 0.25) is 0 Å². The van der Waals surface area contributed by atoms with E-state index in [2.05, 4.69) is 22.6 Å². The summed E-state index contributed by atoms with van der Waals surface area (Å²) in [6.45, 7) is 0. The summed E-state index contributed by atoms with van der Waals surface area (Å²) >= 11 is 0. The fourth-order valence-corrected chi connectivity index (χ4v) is 2.22. The zero-order valence-corrected chi connectivity index (χ0v) is 10.1. The Kier molecular flexibility index (Phi) is 2.74. The molecular formula is C14H16N4. The molecule has 18 heavy (non-hydrogen) atoms. The zero-order chi connectivity index (χ0) is 12.4. The summed E-state index contributed by atoms with van der Waals surface area (Å²) in [4.78, 5) is 4.12. The van der Waals surface area contributed by atoms with Crippen LogP contribution < -0.4 is 11.2 Å². The number of aromatic nitrogens is 1. The summed E-state index contributed by atoms with van der Waals surface area (Å²) in [6.07, 6.45) is 15.5. The highest BCUT2D eigenvalue weighted by atomic mass is 15.6. The Morgan fingerprint density at radius 3 is 3.11 bits per heavy atom. The Morgan fingerprint density at radius 2 is 2.33 bits per heavy atom. The lowest BCUT2D eigenvalue weighted by molar-refractivity contribution is 0.262. The van der Waals surface area contributed by atoms with E-state index < -0.39 is 5.66 Å². The van der Waals surface area contributed by atoms with Crippen LogP contribution in [-0.4, -0.2) is 15.7 Å². The van der Waals surface area contributed by atoms with Gasteiger partial charge in [0.05, 0.1) is 5.70 Å². The summed E-state index contributed by atoms with van der Waals surface area (Å²) in [5.41, 5.74) is 11.5. The third-order valence-corrected chi connectivity index (χ3v) is 3.18. The van der Waals surface area contributed by atoms with E-state index in [1.165, 1.54) is 5.56 Å². The minimum Gasteiger partial charge on any atom is -0.309 e. The third-order valence-electron chi connectivity index (χ3n) is 3.18. The van der Waals surface area contributed by atoms with Gasteiger partial charge in [-0.25, -0.2) is 5.43 Å². The molecule has 4 nitrogen and oxygen atoms in total. The molecule has 1 unspecified atom stereocenters. The molecule has 2 aliphatic heterocycles. The van der Waals surface area contributed by atoms with Crippen molar-refractivity contribution < 1.29 is 0 Å². The minimum absolute atomic E-state index is 0.482. The van der Waals surface area contributed by atoms with E-state index >= 15 is 0 Å². The standard InChI is InChI=1S/C14H16N4/c15-14(7-6-12-4-3-8-16-11-12)10-13-5-1-2-9-18(13)17-14/h1-5,8-11,17H,6-7,15H2. The van der Waals surface area contributed by atoms with E-state index in [0.29, 0.717) is 0 Å². The predicted molar refractivity (Wildman–Crippen MR) is 70.8 cm³/mol. The van der Waals surface area contributed by atoms with Crippen LogP contribution in [0.3, 0.4) is 0 Å². The molecule has 0 fully saturated rings. The average molecular weight is 240 g/mol. The van der Waals surface area contributed by atoms with Gasteiger partial charge < -0.3 is 5.73 Å². The second-order valence-corrected chi connectivity index (χ2v) is 4.65. The molecule has 0 spiro atoms. The van der Waals surface area contributed by atoms with Gasteiger partial charge in [-0.05, 0) is 42.7 Å². The molecule has 2 aliphatic rings. The maximum absolute atomic E-state index is 6.35. The number of hydrogen-bond acceptors (Lipinski definition) is 4. The summed E-state index contributed by atoms with van der Waals surface area (Å²) in [7, 11) is 0. The van der Waals surface area contributed by atoms with Gasteiger partial charge in [-0.1, -0.05) is 12.1 Å². The van der Waals surface area contributed by atoms with Crippen molar-refractivity contribution in [1.29, 1.82) is 0 Å². The fraction of sp³-hybridized carbons (Fsp3) is 0.214. The molecular weight excluding hydrogens is 224 g/mol. The van der Waals surface area contributed by atoms with Gasteiger partial charge in [-0.2, -0.15) is 0 Å². The fourth-order valence-electron chi connectivity index (χ4n) is 2.22. The molecule has 0 radical (unpaired) electrons. The van der Waals surface area contributed by atoms with Gasteiger partial charge in [0.15, 0.2) is 0 Å². The van der Waals surface area contributed by atoms with Crippen molar-refractivity contribution in [2.24, 2.45) is 5.73 Å². The monoisotopic (exact) mass is 240 g/mol. The van der Waals surface area contributed by atoms with E-state index in [9.17, 15) is 0 Å². The largest absolute Gasteiger partial charge is 0.309 e. The van der Waals surface area contributed by atoms with Crippen LogP contribution in [0.5, 0.6) is 0 Å². The van der Waals surface area contributed by atoms with Crippen molar-refractivity contribution in [2.75, 3.05) is 0 Å². The van der Waals surface area contributed by atoms with Crippen LogP contribution >= 0.6 is 0 Å². The molecule has 92 valence electrons. The normalized spacial score (nSPS) is 25.2. The van der Waals surface area contributed by atoms with E-state index in [0.717, 1.165) is 18.5 Å². The van der Waals surface area contributed by atoms with E-state index in [4.69, 9.17) is 5.73 Å². The molecule has 0 saturated carbocycles. The lowest BCUT2D eigenvalue weighted by Gasteiger charge is -2.26. The Labute approximate surface area is 106 Å². The highest BCUT2D eigenvalue weighted by Gasteiger charge is 2.31. The number of hydrogen-bond donors (Lipinski definition) is 2. The van der Waals surface area contributed by atoms with E-state index in [1.54, 1.807) is 6.20 Å². The maximum atomic E-state index is 6.35. The van der Waals surface area contributed by atoms with Crippen molar-refractivity contribution in [3.05, 3.63) is 66.3 Å². The highest BCUT2D eigenvalue weighted by Crippen LogP contribution is 2.24. The quantitative estimate of drug-likeness (QED) is 0.839. The van der Waals surface area contributed by atoms with Gasteiger partial charge in [-0.3, -0.25) is 9.99 Å². The average Bonchev–Trinajstić information content (AvgIpc) is 2.74. The zero-order valence-electron chi connectivity index (χ0n) is 10.1. The predicted octanol–water partition coefficient (Wildman–Crippen LogP) is 1.46. The Hall–Kier alpha value is -1.91. The van der Waals surface area contributed by atoms with Gasteiger partial charge >= 0.3 is 0 Å². The Morgan fingerprint density at radius 1 is 1.39 bits per heavy atom. The smallest absolute Gasteiger partial charge is 0.106 e. The van der Waals surface area contributed by atoms with E-state index in [-0.39, 0.29) is 0 Å². The number of pyridine rings is 1. The van der Waals surface area contributed by atoms with Crippen LogP contribution in [0.15, 0.2) is 60.7 Å².